The summed E-state index contributed by atoms with van der Waals surface area (Å²) < 4.78 is 5.85. The highest BCUT2D eigenvalue weighted by Crippen LogP contribution is 2.21. The summed E-state index contributed by atoms with van der Waals surface area (Å²) in [5.74, 6) is -0.674. The molecule has 0 aliphatic carbocycles. The van der Waals surface area contributed by atoms with E-state index in [0.29, 0.717) is 10.4 Å². The SMILES string of the molecule is Cc1ccoc1C(=O)NNC(=O)c1ccc(Br)s1. The van der Waals surface area contributed by atoms with Gasteiger partial charge < -0.3 is 4.42 Å². The van der Waals surface area contributed by atoms with Crippen LogP contribution in [0, 0.1) is 6.92 Å². The lowest BCUT2D eigenvalue weighted by molar-refractivity contribution is 0.0832. The number of rotatable bonds is 2. The molecule has 0 fully saturated rings. The molecule has 2 amide bonds. The Morgan fingerprint density at radius 1 is 1.22 bits per heavy atom. The van der Waals surface area contributed by atoms with Crippen LogP contribution in [0.5, 0.6) is 0 Å². The Bertz CT molecular complexity index is 591. The Labute approximate surface area is 115 Å². The van der Waals surface area contributed by atoms with Crippen molar-refractivity contribution in [3.8, 4) is 0 Å². The first kappa shape index (κ1) is 12.8. The van der Waals surface area contributed by atoms with E-state index in [1.807, 2.05) is 0 Å². The Kier molecular flexibility index (Phi) is 3.83. The van der Waals surface area contributed by atoms with E-state index in [1.165, 1.54) is 17.6 Å². The summed E-state index contributed by atoms with van der Waals surface area (Å²) in [6.07, 6.45) is 1.42. The van der Waals surface area contributed by atoms with Crippen molar-refractivity contribution in [2.45, 2.75) is 6.92 Å². The van der Waals surface area contributed by atoms with Crippen molar-refractivity contribution in [2.24, 2.45) is 0 Å². The Morgan fingerprint density at radius 3 is 2.50 bits per heavy atom. The van der Waals surface area contributed by atoms with Crippen LogP contribution in [0.3, 0.4) is 0 Å². The van der Waals surface area contributed by atoms with Gasteiger partial charge in [-0.1, -0.05) is 0 Å². The van der Waals surface area contributed by atoms with Crippen molar-refractivity contribution < 1.29 is 14.0 Å². The molecule has 18 heavy (non-hydrogen) atoms. The molecular formula is C11H9BrN2O3S. The fraction of sp³-hybridized carbons (Fsp3) is 0.0909. The molecule has 2 N–H and O–H groups in total. The van der Waals surface area contributed by atoms with Crippen LogP contribution in [0.2, 0.25) is 0 Å². The number of thiophene rings is 1. The number of carbonyl (C=O) groups excluding carboxylic acids is 2. The van der Waals surface area contributed by atoms with E-state index >= 15 is 0 Å². The van der Waals surface area contributed by atoms with Gasteiger partial charge in [0.1, 0.15) is 0 Å². The van der Waals surface area contributed by atoms with Gasteiger partial charge in [-0.3, -0.25) is 20.4 Å². The van der Waals surface area contributed by atoms with Crippen molar-refractivity contribution in [3.05, 3.63) is 44.4 Å². The molecule has 2 rings (SSSR count). The first-order valence-corrected chi connectivity index (χ1v) is 6.59. The largest absolute Gasteiger partial charge is 0.459 e. The second-order valence-corrected chi connectivity index (χ2v) is 5.91. The first-order valence-electron chi connectivity index (χ1n) is 4.98. The van der Waals surface area contributed by atoms with Crippen LogP contribution in [-0.4, -0.2) is 11.8 Å². The predicted molar refractivity (Wildman–Crippen MR) is 70.4 cm³/mol. The smallest absolute Gasteiger partial charge is 0.305 e. The molecule has 0 saturated heterocycles. The zero-order valence-electron chi connectivity index (χ0n) is 9.32. The minimum absolute atomic E-state index is 0.183. The average molecular weight is 329 g/mol. The number of hydrogen-bond donors (Lipinski definition) is 2. The number of nitrogens with one attached hydrogen (secondary N) is 2. The number of furan rings is 1. The quantitative estimate of drug-likeness (QED) is 0.832. The van der Waals surface area contributed by atoms with Gasteiger partial charge in [-0.2, -0.15) is 0 Å². The average Bonchev–Trinajstić information content (AvgIpc) is 2.94. The van der Waals surface area contributed by atoms with Crippen molar-refractivity contribution in [1.29, 1.82) is 0 Å². The molecule has 5 nitrogen and oxygen atoms in total. The third kappa shape index (κ3) is 2.80. The number of hydrogen-bond acceptors (Lipinski definition) is 4. The number of halogens is 1. The van der Waals surface area contributed by atoms with E-state index in [-0.39, 0.29) is 11.7 Å². The van der Waals surface area contributed by atoms with E-state index in [1.54, 1.807) is 25.1 Å². The van der Waals surface area contributed by atoms with Gasteiger partial charge in [-0.25, -0.2) is 0 Å². The fourth-order valence-corrected chi connectivity index (χ4v) is 2.55. The van der Waals surface area contributed by atoms with Gasteiger partial charge in [0.2, 0.25) is 0 Å². The number of aryl methyl sites for hydroxylation is 1. The maximum absolute atomic E-state index is 11.7. The van der Waals surface area contributed by atoms with Crippen LogP contribution >= 0.6 is 27.3 Å². The molecule has 0 radical (unpaired) electrons. The van der Waals surface area contributed by atoms with Gasteiger partial charge in [0.15, 0.2) is 5.76 Å². The fourth-order valence-electron chi connectivity index (χ4n) is 1.27. The maximum Gasteiger partial charge on any atom is 0.305 e. The van der Waals surface area contributed by atoms with Crippen LogP contribution in [0.15, 0.2) is 32.7 Å². The number of carbonyl (C=O) groups is 2. The zero-order chi connectivity index (χ0) is 13.1. The topological polar surface area (TPSA) is 71.3 Å². The van der Waals surface area contributed by atoms with E-state index in [0.717, 1.165) is 3.79 Å². The first-order chi connectivity index (χ1) is 8.58. The normalized spacial score (nSPS) is 10.1. The van der Waals surface area contributed by atoms with Gasteiger partial charge >= 0.3 is 5.91 Å². The third-order valence-electron chi connectivity index (χ3n) is 2.15. The molecule has 0 aromatic carbocycles. The van der Waals surface area contributed by atoms with Gasteiger partial charge in [-0.15, -0.1) is 11.3 Å². The maximum atomic E-state index is 11.7. The van der Waals surface area contributed by atoms with E-state index in [2.05, 4.69) is 26.8 Å². The van der Waals surface area contributed by atoms with Gasteiger partial charge in [0.05, 0.1) is 14.9 Å². The second-order valence-electron chi connectivity index (χ2n) is 3.44. The highest BCUT2D eigenvalue weighted by Gasteiger charge is 2.14. The van der Waals surface area contributed by atoms with Crippen molar-refractivity contribution in [3.63, 3.8) is 0 Å². The van der Waals surface area contributed by atoms with Gasteiger partial charge in [0, 0.05) is 5.56 Å². The third-order valence-corrected chi connectivity index (χ3v) is 3.78. The molecule has 2 aromatic rings. The minimum Gasteiger partial charge on any atom is -0.459 e. The van der Waals surface area contributed by atoms with Crippen LogP contribution in [0.1, 0.15) is 25.8 Å². The summed E-state index contributed by atoms with van der Waals surface area (Å²) in [5.41, 5.74) is 5.32. The van der Waals surface area contributed by atoms with Crippen molar-refractivity contribution in [2.75, 3.05) is 0 Å². The van der Waals surface area contributed by atoms with Gasteiger partial charge in [0.25, 0.3) is 5.91 Å². The van der Waals surface area contributed by atoms with Crippen LogP contribution in [0.4, 0.5) is 0 Å². The van der Waals surface area contributed by atoms with Crippen molar-refractivity contribution >= 4 is 39.1 Å². The predicted octanol–water partition coefficient (Wildman–Crippen LogP) is 2.49. The number of amides is 2. The molecule has 2 aromatic heterocycles. The monoisotopic (exact) mass is 328 g/mol. The standard InChI is InChI=1S/C11H9BrN2O3S/c1-6-4-5-17-9(6)11(16)14-13-10(15)7-2-3-8(12)18-7/h2-5H,1H3,(H,13,15)(H,14,16). The van der Waals surface area contributed by atoms with E-state index < -0.39 is 5.91 Å². The lowest BCUT2D eigenvalue weighted by Gasteiger charge is -2.04. The molecule has 0 aliphatic heterocycles. The summed E-state index contributed by atoms with van der Waals surface area (Å²) >= 11 is 4.54. The summed E-state index contributed by atoms with van der Waals surface area (Å²) in [5, 5.41) is 0. The lowest BCUT2D eigenvalue weighted by Crippen LogP contribution is -2.41. The van der Waals surface area contributed by atoms with Crippen LogP contribution in [-0.2, 0) is 0 Å². The van der Waals surface area contributed by atoms with Crippen molar-refractivity contribution in [1.82, 2.24) is 10.9 Å². The molecule has 0 spiro atoms. The highest BCUT2D eigenvalue weighted by molar-refractivity contribution is 9.11. The van der Waals surface area contributed by atoms with Crippen LogP contribution < -0.4 is 10.9 Å². The highest BCUT2D eigenvalue weighted by atomic mass is 79.9. The van der Waals surface area contributed by atoms with E-state index in [9.17, 15) is 9.59 Å². The summed E-state index contributed by atoms with van der Waals surface area (Å²) in [6.45, 7) is 1.75. The lowest BCUT2D eigenvalue weighted by atomic mass is 10.3. The summed E-state index contributed by atoms with van der Waals surface area (Å²) in [7, 11) is 0. The second kappa shape index (κ2) is 5.36. The molecule has 0 atom stereocenters. The molecule has 0 aliphatic rings. The van der Waals surface area contributed by atoms with Gasteiger partial charge in [-0.05, 0) is 41.1 Å². The van der Waals surface area contributed by atoms with Crippen LogP contribution in [0.25, 0.3) is 0 Å². The Balaban J connectivity index is 1.94. The zero-order valence-corrected chi connectivity index (χ0v) is 11.7. The van der Waals surface area contributed by atoms with E-state index in [4.69, 9.17) is 4.42 Å². The molecule has 0 bridgehead atoms. The summed E-state index contributed by atoms with van der Waals surface area (Å²) in [6, 6.07) is 5.10. The molecule has 0 unspecified atom stereocenters. The molecule has 94 valence electrons. The Hall–Kier alpha value is -1.60. The Morgan fingerprint density at radius 2 is 1.94 bits per heavy atom. The summed E-state index contributed by atoms with van der Waals surface area (Å²) in [4.78, 5) is 23.8. The molecular weight excluding hydrogens is 320 g/mol. The minimum atomic E-state index is -0.485. The molecule has 7 heteroatoms. The molecule has 2 heterocycles. The number of hydrazine groups is 1. The molecule has 0 saturated carbocycles.